The summed E-state index contributed by atoms with van der Waals surface area (Å²) in [5.74, 6) is 0. The van der Waals surface area contributed by atoms with E-state index >= 15 is 0 Å². The molecule has 0 spiro atoms. The molecule has 0 atom stereocenters. The first kappa shape index (κ1) is 11.3. The van der Waals surface area contributed by atoms with E-state index in [2.05, 4.69) is 15.8 Å². The van der Waals surface area contributed by atoms with Crippen LogP contribution in [0.1, 0.15) is 19.8 Å². The predicted molar refractivity (Wildman–Crippen MR) is 57.3 cm³/mol. The lowest BCUT2D eigenvalue weighted by Crippen LogP contribution is -2.30. The molecule has 0 saturated heterocycles. The topological polar surface area (TPSA) is 63.2 Å². The molecule has 5 nitrogen and oxygen atoms in total. The molecule has 1 rings (SSSR count). The molecule has 2 N–H and O–H groups in total. The van der Waals surface area contributed by atoms with Crippen LogP contribution in [0.5, 0.6) is 0 Å². The van der Waals surface area contributed by atoms with Crippen molar-refractivity contribution in [3.8, 4) is 0 Å². The van der Waals surface area contributed by atoms with Gasteiger partial charge in [0.2, 0.25) is 0 Å². The Bertz CT molecular complexity index is 290. The van der Waals surface area contributed by atoms with Gasteiger partial charge in [0.1, 0.15) is 0 Å². The van der Waals surface area contributed by atoms with Gasteiger partial charge in [0.25, 0.3) is 0 Å². The zero-order chi connectivity index (χ0) is 10.9. The van der Waals surface area contributed by atoms with Crippen molar-refractivity contribution in [3.05, 3.63) is 24.5 Å². The average molecular weight is 209 g/mol. The van der Waals surface area contributed by atoms with Gasteiger partial charge in [0, 0.05) is 12.4 Å². The van der Waals surface area contributed by atoms with Gasteiger partial charge in [-0.1, -0.05) is 13.3 Å². The number of hydrazine groups is 1. The van der Waals surface area contributed by atoms with Crippen molar-refractivity contribution in [3.63, 3.8) is 0 Å². The second-order valence-electron chi connectivity index (χ2n) is 2.98. The summed E-state index contributed by atoms with van der Waals surface area (Å²) in [5, 5.41) is 0. The Morgan fingerprint density at radius 3 is 2.87 bits per heavy atom. The highest BCUT2D eigenvalue weighted by molar-refractivity contribution is 5.69. The minimum absolute atomic E-state index is 0.445. The maximum atomic E-state index is 11.1. The van der Waals surface area contributed by atoms with Gasteiger partial charge in [-0.3, -0.25) is 10.4 Å². The van der Waals surface area contributed by atoms with Gasteiger partial charge < -0.3 is 4.74 Å². The number of aromatic nitrogens is 1. The molecule has 0 saturated carbocycles. The number of pyridine rings is 1. The molecule has 0 aliphatic rings. The summed E-state index contributed by atoms with van der Waals surface area (Å²) in [7, 11) is 0. The number of carbonyl (C=O) groups is 1. The summed E-state index contributed by atoms with van der Waals surface area (Å²) < 4.78 is 4.88. The van der Waals surface area contributed by atoms with E-state index in [0.717, 1.165) is 18.5 Å². The molecule has 1 aromatic heterocycles. The van der Waals surface area contributed by atoms with Crippen molar-refractivity contribution >= 4 is 11.8 Å². The molecule has 1 aromatic rings. The fraction of sp³-hybridized carbons (Fsp3) is 0.400. The van der Waals surface area contributed by atoms with Gasteiger partial charge in [-0.2, -0.15) is 0 Å². The lowest BCUT2D eigenvalue weighted by atomic mass is 10.4. The number of nitrogens with one attached hydrogen (secondary N) is 2. The van der Waals surface area contributed by atoms with E-state index in [4.69, 9.17) is 4.74 Å². The van der Waals surface area contributed by atoms with Crippen molar-refractivity contribution in [1.29, 1.82) is 0 Å². The quantitative estimate of drug-likeness (QED) is 0.574. The van der Waals surface area contributed by atoms with E-state index in [9.17, 15) is 4.79 Å². The number of carbonyl (C=O) groups excluding carboxylic acids is 1. The summed E-state index contributed by atoms with van der Waals surface area (Å²) in [6.45, 7) is 2.48. The zero-order valence-electron chi connectivity index (χ0n) is 8.69. The van der Waals surface area contributed by atoms with Crippen LogP contribution in [0.2, 0.25) is 0 Å². The Labute approximate surface area is 88.8 Å². The first-order valence-corrected chi connectivity index (χ1v) is 4.91. The van der Waals surface area contributed by atoms with Gasteiger partial charge in [-0.05, 0) is 18.6 Å². The first-order valence-electron chi connectivity index (χ1n) is 4.91. The van der Waals surface area contributed by atoms with Crippen LogP contribution in [-0.2, 0) is 4.74 Å². The van der Waals surface area contributed by atoms with Crippen LogP contribution in [-0.4, -0.2) is 17.7 Å². The fourth-order valence-electron chi connectivity index (χ4n) is 0.904. The summed E-state index contributed by atoms with van der Waals surface area (Å²) in [6, 6.07) is 3.48. The number of anilines is 1. The van der Waals surface area contributed by atoms with E-state index in [1.807, 2.05) is 6.92 Å². The fourth-order valence-corrected chi connectivity index (χ4v) is 0.904. The van der Waals surface area contributed by atoms with E-state index < -0.39 is 6.09 Å². The van der Waals surface area contributed by atoms with Gasteiger partial charge in [-0.25, -0.2) is 10.2 Å². The standard InChI is InChI=1S/C10H15N3O2/c1-2-3-8-15-10(14)13-12-9-4-6-11-7-5-9/h4-7H,2-3,8H2,1H3,(H,11,12)(H,13,14). The van der Waals surface area contributed by atoms with Gasteiger partial charge in [-0.15, -0.1) is 0 Å². The Morgan fingerprint density at radius 1 is 1.47 bits per heavy atom. The molecule has 1 amide bonds. The number of rotatable bonds is 5. The Balaban J connectivity index is 2.17. The van der Waals surface area contributed by atoms with Crippen LogP contribution in [0.3, 0.4) is 0 Å². The minimum atomic E-state index is -0.472. The highest BCUT2D eigenvalue weighted by Gasteiger charge is 1.99. The van der Waals surface area contributed by atoms with Gasteiger partial charge in [0.05, 0.1) is 12.3 Å². The summed E-state index contributed by atoms with van der Waals surface area (Å²) >= 11 is 0. The minimum Gasteiger partial charge on any atom is -0.448 e. The number of hydrogen-bond acceptors (Lipinski definition) is 4. The van der Waals surface area contributed by atoms with Gasteiger partial charge >= 0.3 is 6.09 Å². The molecule has 0 fully saturated rings. The molecule has 0 bridgehead atoms. The predicted octanol–water partition coefficient (Wildman–Crippen LogP) is 1.93. The Hall–Kier alpha value is -1.78. The van der Waals surface area contributed by atoms with E-state index in [1.165, 1.54) is 0 Å². The Morgan fingerprint density at radius 2 is 2.20 bits per heavy atom. The molecule has 1 heterocycles. The number of unbranched alkanes of at least 4 members (excludes halogenated alkanes) is 1. The largest absolute Gasteiger partial charge is 0.448 e. The molecular formula is C10H15N3O2. The van der Waals surface area contributed by atoms with Crippen LogP contribution >= 0.6 is 0 Å². The third-order valence-corrected chi connectivity index (χ3v) is 1.72. The molecule has 0 unspecified atom stereocenters. The first-order chi connectivity index (χ1) is 7.33. The maximum Gasteiger partial charge on any atom is 0.425 e. The van der Waals surface area contributed by atoms with Crippen molar-refractivity contribution in [1.82, 2.24) is 10.4 Å². The zero-order valence-corrected chi connectivity index (χ0v) is 8.69. The van der Waals surface area contributed by atoms with E-state index in [-0.39, 0.29) is 0 Å². The molecule has 82 valence electrons. The van der Waals surface area contributed by atoms with E-state index in [1.54, 1.807) is 24.5 Å². The normalized spacial score (nSPS) is 9.40. The molecule has 0 aliphatic heterocycles. The van der Waals surface area contributed by atoms with Crippen LogP contribution in [0.4, 0.5) is 10.5 Å². The number of nitrogens with zero attached hydrogens (tertiary/aromatic N) is 1. The van der Waals surface area contributed by atoms with Crippen molar-refractivity contribution in [2.75, 3.05) is 12.0 Å². The average Bonchev–Trinajstić information content (AvgIpc) is 2.28. The lowest BCUT2D eigenvalue weighted by Gasteiger charge is -2.08. The summed E-state index contributed by atoms with van der Waals surface area (Å²) in [4.78, 5) is 14.9. The smallest absolute Gasteiger partial charge is 0.425 e. The van der Waals surface area contributed by atoms with Crippen LogP contribution in [0.25, 0.3) is 0 Å². The number of ether oxygens (including phenoxy) is 1. The molecule has 0 radical (unpaired) electrons. The molecular weight excluding hydrogens is 194 g/mol. The van der Waals surface area contributed by atoms with Crippen molar-refractivity contribution in [2.45, 2.75) is 19.8 Å². The second kappa shape index (κ2) is 6.64. The summed E-state index contributed by atoms with van der Waals surface area (Å²) in [6.07, 6.45) is 4.67. The van der Waals surface area contributed by atoms with Crippen LogP contribution in [0.15, 0.2) is 24.5 Å². The SMILES string of the molecule is CCCCOC(=O)NNc1ccncc1. The number of amides is 1. The molecule has 0 aliphatic carbocycles. The van der Waals surface area contributed by atoms with E-state index in [0.29, 0.717) is 6.61 Å². The Kier molecular flexibility index (Phi) is 5.00. The third kappa shape index (κ3) is 4.85. The van der Waals surface area contributed by atoms with Crippen LogP contribution in [0, 0.1) is 0 Å². The lowest BCUT2D eigenvalue weighted by molar-refractivity contribution is 0.147. The highest BCUT2D eigenvalue weighted by atomic mass is 16.6. The van der Waals surface area contributed by atoms with Crippen LogP contribution < -0.4 is 10.9 Å². The third-order valence-electron chi connectivity index (χ3n) is 1.72. The van der Waals surface area contributed by atoms with Crippen molar-refractivity contribution in [2.24, 2.45) is 0 Å². The molecule has 5 heteroatoms. The highest BCUT2D eigenvalue weighted by Crippen LogP contribution is 2.00. The molecule has 0 aromatic carbocycles. The van der Waals surface area contributed by atoms with Gasteiger partial charge in [0.15, 0.2) is 0 Å². The van der Waals surface area contributed by atoms with Crippen molar-refractivity contribution < 1.29 is 9.53 Å². The second-order valence-corrected chi connectivity index (χ2v) is 2.98. The monoisotopic (exact) mass is 209 g/mol. The molecule has 15 heavy (non-hydrogen) atoms. The maximum absolute atomic E-state index is 11.1. The summed E-state index contributed by atoms with van der Waals surface area (Å²) in [5.41, 5.74) is 5.89. The number of hydrogen-bond donors (Lipinski definition) is 2.